The Morgan fingerprint density at radius 3 is 2.88 bits per heavy atom. The lowest BCUT2D eigenvalue weighted by Crippen LogP contribution is -2.39. The van der Waals surface area contributed by atoms with Crippen molar-refractivity contribution in [2.24, 2.45) is 0 Å². The number of aromatic nitrogens is 1. The van der Waals surface area contributed by atoms with Crippen LogP contribution in [0.15, 0.2) is 41.2 Å². The summed E-state index contributed by atoms with van der Waals surface area (Å²) >= 11 is 0. The van der Waals surface area contributed by atoms with Crippen molar-refractivity contribution in [3.63, 3.8) is 0 Å². The summed E-state index contributed by atoms with van der Waals surface area (Å²) in [5, 5.41) is 0. The van der Waals surface area contributed by atoms with E-state index in [-0.39, 0.29) is 29.9 Å². The Balaban J connectivity index is 1.86. The summed E-state index contributed by atoms with van der Waals surface area (Å²) in [6.07, 6.45) is 1.77. The van der Waals surface area contributed by atoms with Crippen LogP contribution in [0.4, 0.5) is 4.39 Å². The zero-order valence-corrected chi connectivity index (χ0v) is 14.1. The summed E-state index contributed by atoms with van der Waals surface area (Å²) in [5.41, 5.74) is 1.04. The van der Waals surface area contributed by atoms with Gasteiger partial charge in [0.1, 0.15) is 11.4 Å². The van der Waals surface area contributed by atoms with E-state index in [2.05, 4.69) is 4.98 Å². The van der Waals surface area contributed by atoms with E-state index in [1.54, 1.807) is 30.0 Å². The largest absolute Gasteiger partial charge is 0.376 e. The first-order chi connectivity index (χ1) is 12.0. The molecule has 5 nitrogen and oxygen atoms in total. The number of nitrogens with one attached hydrogen (secondary N) is 1. The quantitative estimate of drug-likeness (QED) is 0.907. The van der Waals surface area contributed by atoms with E-state index in [9.17, 15) is 14.0 Å². The monoisotopic (exact) mass is 344 g/mol. The van der Waals surface area contributed by atoms with E-state index >= 15 is 0 Å². The molecule has 1 fully saturated rings. The minimum Gasteiger partial charge on any atom is -0.376 e. The highest BCUT2D eigenvalue weighted by atomic mass is 19.1. The van der Waals surface area contributed by atoms with Crippen LogP contribution < -0.4 is 5.56 Å². The number of benzene rings is 1. The lowest BCUT2D eigenvalue weighted by Gasteiger charge is -2.25. The number of nitrogens with zero attached hydrogens (tertiary/aromatic N) is 1. The highest BCUT2D eigenvalue weighted by Gasteiger charge is 2.25. The summed E-state index contributed by atoms with van der Waals surface area (Å²) in [7, 11) is 0. The van der Waals surface area contributed by atoms with Crippen LogP contribution in [0, 0.1) is 12.7 Å². The van der Waals surface area contributed by atoms with Crippen molar-refractivity contribution >= 4 is 5.91 Å². The van der Waals surface area contributed by atoms with Gasteiger partial charge in [-0.1, -0.05) is 12.1 Å². The van der Waals surface area contributed by atoms with E-state index in [0.29, 0.717) is 24.4 Å². The van der Waals surface area contributed by atoms with Crippen LogP contribution in [-0.4, -0.2) is 35.0 Å². The minimum atomic E-state index is -0.415. The number of hydrogen-bond acceptors (Lipinski definition) is 3. The van der Waals surface area contributed by atoms with Gasteiger partial charge in [-0.05, 0) is 49.6 Å². The number of carbonyl (C=O) groups excluding carboxylic acids is 1. The molecule has 2 aromatic rings. The van der Waals surface area contributed by atoms with Gasteiger partial charge in [0.25, 0.3) is 11.5 Å². The summed E-state index contributed by atoms with van der Waals surface area (Å²) in [5.74, 6) is -0.726. The molecule has 132 valence electrons. The highest BCUT2D eigenvalue weighted by molar-refractivity contribution is 5.93. The first-order valence-electron chi connectivity index (χ1n) is 8.38. The van der Waals surface area contributed by atoms with Crippen molar-refractivity contribution < 1.29 is 13.9 Å². The second-order valence-electron chi connectivity index (χ2n) is 6.33. The van der Waals surface area contributed by atoms with Crippen molar-refractivity contribution in [1.29, 1.82) is 0 Å². The molecule has 1 aliphatic heterocycles. The first kappa shape index (κ1) is 17.4. The highest BCUT2D eigenvalue weighted by Crippen LogP contribution is 2.17. The van der Waals surface area contributed by atoms with Gasteiger partial charge in [0, 0.05) is 25.4 Å². The van der Waals surface area contributed by atoms with Gasteiger partial charge in [-0.15, -0.1) is 0 Å². The molecule has 1 amide bonds. The van der Waals surface area contributed by atoms with Crippen LogP contribution in [-0.2, 0) is 11.3 Å². The zero-order chi connectivity index (χ0) is 17.8. The molecule has 0 saturated carbocycles. The van der Waals surface area contributed by atoms with Crippen LogP contribution >= 0.6 is 0 Å². The molecule has 1 atom stereocenters. The Morgan fingerprint density at radius 2 is 2.20 bits per heavy atom. The van der Waals surface area contributed by atoms with E-state index in [1.165, 1.54) is 18.2 Å². The normalized spacial score (nSPS) is 16.8. The summed E-state index contributed by atoms with van der Waals surface area (Å²) < 4.78 is 19.1. The van der Waals surface area contributed by atoms with Crippen molar-refractivity contribution in [1.82, 2.24) is 9.88 Å². The number of carbonyl (C=O) groups is 1. The van der Waals surface area contributed by atoms with Crippen LogP contribution in [0.3, 0.4) is 0 Å². The molecule has 0 radical (unpaired) electrons. The number of H-pyrrole nitrogens is 1. The van der Waals surface area contributed by atoms with E-state index in [1.807, 2.05) is 0 Å². The smallest absolute Gasteiger partial charge is 0.260 e. The summed E-state index contributed by atoms with van der Waals surface area (Å²) in [4.78, 5) is 29.3. The maximum atomic E-state index is 13.5. The number of pyridine rings is 1. The van der Waals surface area contributed by atoms with E-state index in [0.717, 1.165) is 12.8 Å². The second kappa shape index (κ2) is 7.61. The van der Waals surface area contributed by atoms with Crippen LogP contribution in [0.2, 0.25) is 0 Å². The zero-order valence-electron chi connectivity index (χ0n) is 14.1. The number of hydrogen-bond donors (Lipinski definition) is 1. The van der Waals surface area contributed by atoms with Gasteiger partial charge in [0.05, 0.1) is 6.10 Å². The number of aromatic amines is 1. The average molecular weight is 344 g/mol. The fourth-order valence-electron chi connectivity index (χ4n) is 3.02. The Morgan fingerprint density at radius 1 is 1.36 bits per heavy atom. The molecular weight excluding hydrogens is 323 g/mol. The molecule has 2 heterocycles. The minimum absolute atomic E-state index is 0.0537. The third kappa shape index (κ3) is 4.33. The molecule has 6 heteroatoms. The Hall–Kier alpha value is -2.47. The molecule has 0 aliphatic carbocycles. The molecule has 25 heavy (non-hydrogen) atoms. The topological polar surface area (TPSA) is 62.4 Å². The standard InChI is InChI=1S/C19H21FN2O3/c1-13-7-8-17(18(23)21-13)19(24)22(12-16-6-3-9-25-16)11-14-4-2-5-15(20)10-14/h2,4-5,7-8,10,16H,3,6,9,11-12H2,1H3,(H,21,23). The van der Waals surface area contributed by atoms with Gasteiger partial charge in [0.2, 0.25) is 0 Å². The first-order valence-corrected chi connectivity index (χ1v) is 8.38. The van der Waals surface area contributed by atoms with E-state index < -0.39 is 5.56 Å². The van der Waals surface area contributed by atoms with Gasteiger partial charge in [-0.25, -0.2) is 4.39 Å². The third-order valence-corrected chi connectivity index (χ3v) is 4.28. The molecule has 0 bridgehead atoms. The number of amides is 1. The fraction of sp³-hybridized carbons (Fsp3) is 0.368. The van der Waals surface area contributed by atoms with Crippen LogP contribution in [0.5, 0.6) is 0 Å². The lowest BCUT2D eigenvalue weighted by molar-refractivity contribution is 0.0505. The summed E-state index contributed by atoms with van der Waals surface area (Å²) in [6, 6.07) is 9.36. The van der Waals surface area contributed by atoms with Crippen LogP contribution in [0.25, 0.3) is 0 Å². The third-order valence-electron chi connectivity index (χ3n) is 4.28. The fourth-order valence-corrected chi connectivity index (χ4v) is 3.02. The number of halogens is 1. The van der Waals surface area contributed by atoms with Gasteiger partial charge < -0.3 is 14.6 Å². The predicted molar refractivity (Wildman–Crippen MR) is 91.9 cm³/mol. The molecule has 1 unspecified atom stereocenters. The molecule has 3 rings (SSSR count). The molecule has 0 spiro atoms. The van der Waals surface area contributed by atoms with E-state index in [4.69, 9.17) is 4.74 Å². The molecule has 1 saturated heterocycles. The lowest BCUT2D eigenvalue weighted by atomic mass is 10.1. The number of rotatable bonds is 5. The maximum Gasteiger partial charge on any atom is 0.260 e. The molecule has 1 aromatic carbocycles. The Labute approximate surface area is 145 Å². The molecule has 1 aliphatic rings. The van der Waals surface area contributed by atoms with Crippen molar-refractivity contribution in [3.05, 3.63) is 69.4 Å². The van der Waals surface area contributed by atoms with Crippen molar-refractivity contribution in [2.45, 2.75) is 32.4 Å². The predicted octanol–water partition coefficient (Wildman–Crippen LogP) is 2.64. The van der Waals surface area contributed by atoms with Gasteiger partial charge >= 0.3 is 0 Å². The maximum absolute atomic E-state index is 13.5. The van der Waals surface area contributed by atoms with Crippen LogP contribution in [0.1, 0.15) is 34.5 Å². The molecule has 1 aromatic heterocycles. The van der Waals surface area contributed by atoms with Crippen molar-refractivity contribution in [3.8, 4) is 0 Å². The SMILES string of the molecule is Cc1ccc(C(=O)N(Cc2cccc(F)c2)CC2CCCO2)c(=O)[nH]1. The van der Waals surface area contributed by atoms with Gasteiger partial charge in [0.15, 0.2) is 0 Å². The molecular formula is C19H21FN2O3. The Kier molecular flexibility index (Phi) is 5.28. The number of ether oxygens (including phenoxy) is 1. The van der Waals surface area contributed by atoms with Gasteiger partial charge in [-0.3, -0.25) is 9.59 Å². The van der Waals surface area contributed by atoms with Crippen molar-refractivity contribution in [2.75, 3.05) is 13.2 Å². The average Bonchev–Trinajstić information content (AvgIpc) is 3.07. The molecule has 1 N–H and O–H groups in total. The number of aryl methyl sites for hydroxylation is 1. The second-order valence-corrected chi connectivity index (χ2v) is 6.33. The Bertz CT molecular complexity index is 812. The van der Waals surface area contributed by atoms with Gasteiger partial charge in [-0.2, -0.15) is 0 Å². The summed E-state index contributed by atoms with van der Waals surface area (Å²) in [6.45, 7) is 3.04.